The van der Waals surface area contributed by atoms with Gasteiger partial charge in [0.15, 0.2) is 0 Å². The average Bonchev–Trinajstić information content (AvgIpc) is 2.56. The molecule has 1 atom stereocenters. The van der Waals surface area contributed by atoms with E-state index in [2.05, 4.69) is 34.6 Å². The highest BCUT2D eigenvalue weighted by Gasteiger charge is 2.37. The van der Waals surface area contributed by atoms with E-state index >= 15 is 0 Å². The first-order valence-electron chi connectivity index (χ1n) is 11.5. The third-order valence-electron chi connectivity index (χ3n) is 5.95. The van der Waals surface area contributed by atoms with Gasteiger partial charge in [0, 0.05) is 26.1 Å². The molecule has 1 saturated carbocycles. The van der Waals surface area contributed by atoms with Gasteiger partial charge in [0.1, 0.15) is 0 Å². The Morgan fingerprint density at radius 3 is 2.14 bits per heavy atom. The monoisotopic (exact) mass is 419 g/mol. The van der Waals surface area contributed by atoms with Gasteiger partial charge in [-0.25, -0.2) is 8.78 Å². The molecule has 0 aromatic heterocycles. The number of piperidine rings is 1. The van der Waals surface area contributed by atoms with Crippen LogP contribution in [0.3, 0.4) is 0 Å². The minimum atomic E-state index is -2.65. The highest BCUT2D eigenvalue weighted by molar-refractivity contribution is 4.86. The second-order valence-electron chi connectivity index (χ2n) is 10.3. The number of hydrogen-bond acceptors (Lipinski definition) is 4. The van der Waals surface area contributed by atoms with Crippen LogP contribution in [0, 0.1) is 5.92 Å². The van der Waals surface area contributed by atoms with Crippen molar-refractivity contribution in [3.05, 3.63) is 0 Å². The molecule has 0 unspecified atom stereocenters. The fourth-order valence-corrected chi connectivity index (χ4v) is 3.90. The molecular weight excluding hydrogens is 376 g/mol. The summed E-state index contributed by atoms with van der Waals surface area (Å²) in [5.74, 6) is -2.24. The summed E-state index contributed by atoms with van der Waals surface area (Å²) >= 11 is 0. The number of ether oxygens (including phenoxy) is 3. The van der Waals surface area contributed by atoms with E-state index in [-0.39, 0.29) is 36.9 Å². The fourth-order valence-electron chi connectivity index (χ4n) is 3.90. The Morgan fingerprint density at radius 2 is 1.59 bits per heavy atom. The molecule has 1 heterocycles. The number of nitrogens with zero attached hydrogens (tertiary/aromatic N) is 1. The van der Waals surface area contributed by atoms with Crippen molar-refractivity contribution in [3.63, 3.8) is 0 Å². The van der Waals surface area contributed by atoms with Crippen LogP contribution in [0.5, 0.6) is 0 Å². The Morgan fingerprint density at radius 1 is 0.966 bits per heavy atom. The summed E-state index contributed by atoms with van der Waals surface area (Å²) in [5.41, 5.74) is -0.106. The first-order chi connectivity index (χ1) is 13.4. The van der Waals surface area contributed by atoms with Crippen molar-refractivity contribution in [1.29, 1.82) is 0 Å². The van der Waals surface area contributed by atoms with E-state index in [4.69, 9.17) is 14.2 Å². The molecule has 0 spiro atoms. The van der Waals surface area contributed by atoms with E-state index in [0.29, 0.717) is 38.1 Å². The zero-order chi connectivity index (χ0) is 21.7. The van der Waals surface area contributed by atoms with E-state index in [0.717, 1.165) is 25.7 Å². The molecule has 2 fully saturated rings. The molecule has 1 saturated heterocycles. The number of halogens is 2. The minimum Gasteiger partial charge on any atom is -0.378 e. The van der Waals surface area contributed by atoms with Crippen LogP contribution in [-0.2, 0) is 14.2 Å². The first-order valence-corrected chi connectivity index (χ1v) is 11.5. The third-order valence-corrected chi connectivity index (χ3v) is 5.95. The topological polar surface area (TPSA) is 30.9 Å². The quantitative estimate of drug-likeness (QED) is 0.426. The van der Waals surface area contributed by atoms with Gasteiger partial charge in [-0.3, -0.25) is 4.90 Å². The third kappa shape index (κ3) is 9.58. The van der Waals surface area contributed by atoms with E-state index < -0.39 is 5.92 Å². The van der Waals surface area contributed by atoms with Crippen LogP contribution < -0.4 is 0 Å². The van der Waals surface area contributed by atoms with Crippen LogP contribution >= 0.6 is 0 Å². The lowest BCUT2D eigenvalue weighted by atomic mass is 9.90. The summed E-state index contributed by atoms with van der Waals surface area (Å²) < 4.78 is 46.3. The highest BCUT2D eigenvalue weighted by Crippen LogP contribution is 2.32. The van der Waals surface area contributed by atoms with E-state index in [9.17, 15) is 8.78 Å². The Labute approximate surface area is 176 Å². The van der Waals surface area contributed by atoms with Gasteiger partial charge in [-0.15, -0.1) is 0 Å². The van der Waals surface area contributed by atoms with Gasteiger partial charge >= 0.3 is 0 Å². The van der Waals surface area contributed by atoms with Crippen molar-refractivity contribution in [3.8, 4) is 0 Å². The molecule has 2 rings (SSSR count). The van der Waals surface area contributed by atoms with Crippen molar-refractivity contribution in [1.82, 2.24) is 4.90 Å². The predicted octanol–water partition coefficient (Wildman–Crippen LogP) is 5.29. The van der Waals surface area contributed by atoms with Gasteiger partial charge < -0.3 is 14.2 Å². The summed E-state index contributed by atoms with van der Waals surface area (Å²) in [6.45, 7) is 14.0. The molecule has 0 radical (unpaired) electrons. The molecular formula is C23H43F2NO3. The zero-order valence-electron chi connectivity index (χ0n) is 19.4. The van der Waals surface area contributed by atoms with Crippen LogP contribution in [-0.4, -0.2) is 67.1 Å². The molecule has 0 aromatic rings. The lowest BCUT2D eigenvalue weighted by molar-refractivity contribution is -0.169. The Hall–Kier alpha value is -0.300. The van der Waals surface area contributed by atoms with Crippen molar-refractivity contribution in [2.75, 3.05) is 26.2 Å². The maximum Gasteiger partial charge on any atom is 0.260 e. The summed E-state index contributed by atoms with van der Waals surface area (Å²) in [7, 11) is 0. The Bertz CT molecular complexity index is 467. The average molecular weight is 420 g/mol. The number of hydrogen-bond donors (Lipinski definition) is 0. The molecule has 172 valence electrons. The fraction of sp³-hybridized carbons (Fsp3) is 1.00. The minimum absolute atomic E-state index is 0.106. The second-order valence-corrected chi connectivity index (χ2v) is 10.3. The summed E-state index contributed by atoms with van der Waals surface area (Å²) in [6, 6.07) is 0. The van der Waals surface area contributed by atoms with Crippen molar-refractivity contribution in [2.45, 2.75) is 116 Å². The Balaban J connectivity index is 1.57. The molecule has 1 aliphatic carbocycles. The summed E-state index contributed by atoms with van der Waals surface area (Å²) in [5, 5.41) is 0. The van der Waals surface area contributed by atoms with Gasteiger partial charge in [0.05, 0.1) is 36.6 Å². The molecule has 29 heavy (non-hydrogen) atoms. The molecule has 4 nitrogen and oxygen atoms in total. The van der Waals surface area contributed by atoms with Crippen LogP contribution in [0.4, 0.5) is 8.78 Å². The number of alkyl halides is 2. The second kappa shape index (κ2) is 10.8. The first kappa shape index (κ1) is 25.0. The van der Waals surface area contributed by atoms with E-state index in [1.807, 2.05) is 11.8 Å². The van der Waals surface area contributed by atoms with Crippen LogP contribution in [0.25, 0.3) is 0 Å². The van der Waals surface area contributed by atoms with Gasteiger partial charge in [-0.2, -0.15) is 0 Å². The number of likely N-dealkylation sites (tertiary alicyclic amines) is 1. The van der Waals surface area contributed by atoms with Crippen LogP contribution in [0.1, 0.15) is 80.1 Å². The van der Waals surface area contributed by atoms with Crippen LogP contribution in [0.2, 0.25) is 0 Å². The molecule has 2 aliphatic rings. The highest BCUT2D eigenvalue weighted by atomic mass is 19.3. The van der Waals surface area contributed by atoms with Crippen LogP contribution in [0.15, 0.2) is 0 Å². The van der Waals surface area contributed by atoms with Gasteiger partial charge in [-0.1, -0.05) is 13.8 Å². The largest absolute Gasteiger partial charge is 0.378 e. The normalized spacial score (nSPS) is 26.0. The molecule has 0 aromatic carbocycles. The maximum absolute atomic E-state index is 14.3. The Kier molecular flexibility index (Phi) is 9.32. The molecule has 0 amide bonds. The molecule has 0 N–H and O–H groups in total. The lowest BCUT2D eigenvalue weighted by Crippen LogP contribution is -2.47. The number of rotatable bonds is 11. The SMILES string of the molecule is CC(C)[C@H](C)OCCCC(F)(F)CN1CCC(OC2CC(OC(C)(C)C)C2)CC1. The van der Waals surface area contributed by atoms with Gasteiger partial charge in [0.2, 0.25) is 0 Å². The molecule has 0 bridgehead atoms. The lowest BCUT2D eigenvalue weighted by Gasteiger charge is -2.42. The van der Waals surface area contributed by atoms with Crippen molar-refractivity contribution in [2.24, 2.45) is 5.92 Å². The molecule has 1 aliphatic heterocycles. The van der Waals surface area contributed by atoms with Gasteiger partial charge in [0.25, 0.3) is 5.92 Å². The predicted molar refractivity (Wildman–Crippen MR) is 113 cm³/mol. The zero-order valence-corrected chi connectivity index (χ0v) is 19.4. The summed E-state index contributed by atoms with van der Waals surface area (Å²) in [6.07, 6.45) is 4.77. The van der Waals surface area contributed by atoms with E-state index in [1.54, 1.807) is 0 Å². The maximum atomic E-state index is 14.3. The van der Waals surface area contributed by atoms with Crippen molar-refractivity contribution < 1.29 is 23.0 Å². The van der Waals surface area contributed by atoms with Gasteiger partial charge in [-0.05, 0) is 65.7 Å². The standard InChI is InChI=1S/C23H43F2NO3/c1-17(2)18(3)27-13-7-10-23(24,25)16-26-11-8-19(9-12-26)28-20-14-21(15-20)29-22(4,5)6/h17-21H,7-16H2,1-6H3/t18-,20?,21?/m0/s1. The van der Waals surface area contributed by atoms with Crippen molar-refractivity contribution >= 4 is 0 Å². The summed E-state index contributed by atoms with van der Waals surface area (Å²) in [4.78, 5) is 1.89. The molecule has 6 heteroatoms. The van der Waals surface area contributed by atoms with E-state index in [1.165, 1.54) is 0 Å². The smallest absolute Gasteiger partial charge is 0.260 e.